The summed E-state index contributed by atoms with van der Waals surface area (Å²) in [6.07, 6.45) is 20.8. The second kappa shape index (κ2) is 21.3. The highest BCUT2D eigenvalue weighted by atomic mass is 127. The van der Waals surface area contributed by atoms with E-state index in [0.717, 1.165) is 19.4 Å². The van der Waals surface area contributed by atoms with Crippen LogP contribution < -0.4 is 4.90 Å². The molecule has 0 radical (unpaired) electrons. The summed E-state index contributed by atoms with van der Waals surface area (Å²) in [5, 5.41) is 0. The lowest BCUT2D eigenvalue weighted by atomic mass is 10.0. The molecule has 0 amide bonds. The van der Waals surface area contributed by atoms with E-state index < -0.39 is 0 Å². The molecule has 1 aliphatic heterocycles. The Morgan fingerprint density at radius 1 is 0.815 bits per heavy atom. The van der Waals surface area contributed by atoms with Crippen molar-refractivity contribution in [3.05, 3.63) is 0 Å². The van der Waals surface area contributed by atoms with Gasteiger partial charge in [-0.15, -0.1) is 0 Å². The molecule has 1 saturated heterocycles. The van der Waals surface area contributed by atoms with Crippen LogP contribution in [-0.4, -0.2) is 44.6 Å². The first-order chi connectivity index (χ1) is 13.1. The number of nitrogens with one attached hydrogen (secondary N) is 1. The van der Waals surface area contributed by atoms with Crippen molar-refractivity contribution in [2.75, 3.05) is 32.2 Å². The summed E-state index contributed by atoms with van der Waals surface area (Å²) in [5.41, 5.74) is 0. The molecule has 1 N–H and O–H groups in total. The third-order valence-corrected chi connectivity index (χ3v) is 5.54. The lowest BCUT2D eigenvalue weighted by Gasteiger charge is -2.14. The second-order valence-corrected chi connectivity index (χ2v) is 9.58. The zero-order chi connectivity index (χ0) is 20.2. The minimum atomic E-state index is 0.0932. The van der Waals surface area contributed by atoms with E-state index >= 15 is 0 Å². The molecule has 0 saturated carbocycles. The molecule has 1 aliphatic rings. The maximum Gasteiger partial charge on any atom is 0.158 e. The van der Waals surface area contributed by atoms with Crippen molar-refractivity contribution in [3.8, 4) is 0 Å². The SMILES string of the molecule is CCCCCCCCCCCCCC1CCC(OCCCI)O1.C[NH+](C)C. The van der Waals surface area contributed by atoms with Crippen LogP contribution in [0.5, 0.6) is 0 Å². The first-order valence-corrected chi connectivity index (χ1v) is 13.2. The molecular formula is C23H49INO2+. The van der Waals surface area contributed by atoms with Gasteiger partial charge in [-0.2, -0.15) is 0 Å². The summed E-state index contributed by atoms with van der Waals surface area (Å²) in [4.78, 5) is 1.42. The number of hydrogen-bond donors (Lipinski definition) is 1. The van der Waals surface area contributed by atoms with Crippen LogP contribution in [0.15, 0.2) is 0 Å². The van der Waals surface area contributed by atoms with E-state index in [-0.39, 0.29) is 6.29 Å². The van der Waals surface area contributed by atoms with Crippen LogP contribution >= 0.6 is 22.6 Å². The van der Waals surface area contributed by atoms with Gasteiger partial charge >= 0.3 is 0 Å². The van der Waals surface area contributed by atoms with Gasteiger partial charge in [0.15, 0.2) is 6.29 Å². The molecule has 2 atom stereocenters. The molecular weight excluding hydrogens is 449 g/mol. The highest BCUT2D eigenvalue weighted by Gasteiger charge is 2.24. The van der Waals surface area contributed by atoms with Crippen LogP contribution in [0.3, 0.4) is 0 Å². The molecule has 0 aromatic carbocycles. The molecule has 0 aromatic heterocycles. The molecule has 2 unspecified atom stereocenters. The Labute approximate surface area is 184 Å². The second-order valence-electron chi connectivity index (χ2n) is 8.50. The summed E-state index contributed by atoms with van der Waals surface area (Å²) >= 11 is 2.40. The minimum absolute atomic E-state index is 0.0932. The average Bonchev–Trinajstić information content (AvgIpc) is 3.07. The normalized spacial score (nSPS) is 19.3. The zero-order valence-electron chi connectivity index (χ0n) is 18.9. The summed E-state index contributed by atoms with van der Waals surface area (Å²) in [6.45, 7) is 3.15. The monoisotopic (exact) mass is 498 g/mol. The van der Waals surface area contributed by atoms with Gasteiger partial charge in [-0.05, 0) is 19.3 Å². The molecule has 27 heavy (non-hydrogen) atoms. The zero-order valence-corrected chi connectivity index (χ0v) is 21.0. The van der Waals surface area contributed by atoms with E-state index in [1.807, 2.05) is 0 Å². The Bertz CT molecular complexity index is 287. The Morgan fingerprint density at radius 2 is 1.33 bits per heavy atom. The Kier molecular flexibility index (Phi) is 21.8. The summed E-state index contributed by atoms with van der Waals surface area (Å²) in [6, 6.07) is 0. The Balaban J connectivity index is 0.00000153. The van der Waals surface area contributed by atoms with Crippen LogP contribution in [0.2, 0.25) is 0 Å². The van der Waals surface area contributed by atoms with Gasteiger partial charge in [-0.1, -0.05) is 100 Å². The maximum atomic E-state index is 5.98. The average molecular weight is 499 g/mol. The van der Waals surface area contributed by atoms with Crippen LogP contribution in [0.25, 0.3) is 0 Å². The highest BCUT2D eigenvalue weighted by Crippen LogP contribution is 2.25. The summed E-state index contributed by atoms with van der Waals surface area (Å²) in [5.74, 6) is 0. The lowest BCUT2D eigenvalue weighted by Crippen LogP contribution is -3.02. The Hall–Kier alpha value is 0.610. The molecule has 1 fully saturated rings. The molecule has 0 aromatic rings. The largest absolute Gasteiger partial charge is 0.353 e. The van der Waals surface area contributed by atoms with Crippen LogP contribution in [-0.2, 0) is 9.47 Å². The molecule has 4 heteroatoms. The summed E-state index contributed by atoms with van der Waals surface area (Å²) in [7, 11) is 6.25. The van der Waals surface area contributed by atoms with Crippen molar-refractivity contribution in [2.45, 2.75) is 116 Å². The van der Waals surface area contributed by atoms with Crippen LogP contribution in [0.1, 0.15) is 103 Å². The number of halogens is 1. The first kappa shape index (κ1) is 27.6. The minimum Gasteiger partial charge on any atom is -0.353 e. The van der Waals surface area contributed by atoms with Gasteiger partial charge in [0.25, 0.3) is 0 Å². The molecule has 3 nitrogen and oxygen atoms in total. The third-order valence-electron chi connectivity index (χ3n) is 4.78. The number of ether oxygens (including phenoxy) is 2. The lowest BCUT2D eigenvalue weighted by molar-refractivity contribution is -0.836. The van der Waals surface area contributed by atoms with E-state index in [2.05, 4.69) is 50.7 Å². The molecule has 0 spiro atoms. The van der Waals surface area contributed by atoms with Gasteiger partial charge in [0.2, 0.25) is 0 Å². The van der Waals surface area contributed by atoms with Crippen molar-refractivity contribution in [1.82, 2.24) is 0 Å². The predicted molar refractivity (Wildman–Crippen MR) is 127 cm³/mol. The van der Waals surface area contributed by atoms with Crippen LogP contribution in [0, 0.1) is 0 Å². The topological polar surface area (TPSA) is 22.9 Å². The first-order valence-electron chi connectivity index (χ1n) is 11.7. The molecule has 0 aliphatic carbocycles. The fourth-order valence-corrected chi connectivity index (χ4v) is 3.62. The molecule has 1 heterocycles. The van der Waals surface area contributed by atoms with Crippen molar-refractivity contribution >= 4 is 22.6 Å². The van der Waals surface area contributed by atoms with E-state index in [9.17, 15) is 0 Å². The van der Waals surface area contributed by atoms with Gasteiger partial charge < -0.3 is 14.4 Å². The predicted octanol–water partition coefficient (Wildman–Crippen LogP) is 5.80. The number of alkyl halides is 1. The Morgan fingerprint density at radius 3 is 1.85 bits per heavy atom. The quantitative estimate of drug-likeness (QED) is 0.165. The van der Waals surface area contributed by atoms with Crippen molar-refractivity contribution in [1.29, 1.82) is 0 Å². The van der Waals surface area contributed by atoms with E-state index in [1.54, 1.807) is 0 Å². The van der Waals surface area contributed by atoms with Crippen molar-refractivity contribution in [2.24, 2.45) is 0 Å². The molecule has 0 bridgehead atoms. The molecule has 1 rings (SSSR count). The van der Waals surface area contributed by atoms with E-state index in [0.29, 0.717) is 6.10 Å². The van der Waals surface area contributed by atoms with Crippen LogP contribution in [0.4, 0.5) is 0 Å². The van der Waals surface area contributed by atoms with Gasteiger partial charge in [0.1, 0.15) is 0 Å². The van der Waals surface area contributed by atoms with Gasteiger partial charge in [-0.3, -0.25) is 0 Å². The van der Waals surface area contributed by atoms with Gasteiger partial charge in [0, 0.05) is 10.8 Å². The number of quaternary nitrogens is 1. The highest BCUT2D eigenvalue weighted by molar-refractivity contribution is 14.1. The van der Waals surface area contributed by atoms with Gasteiger partial charge in [-0.25, -0.2) is 0 Å². The van der Waals surface area contributed by atoms with Gasteiger partial charge in [0.05, 0.1) is 33.9 Å². The number of rotatable bonds is 16. The molecule has 164 valence electrons. The fraction of sp³-hybridized carbons (Fsp3) is 1.00. The third kappa shape index (κ3) is 21.1. The summed E-state index contributed by atoms with van der Waals surface area (Å²) < 4.78 is 12.9. The van der Waals surface area contributed by atoms with Crippen molar-refractivity contribution in [3.63, 3.8) is 0 Å². The smallest absolute Gasteiger partial charge is 0.158 e. The van der Waals surface area contributed by atoms with E-state index in [1.165, 1.54) is 92.8 Å². The van der Waals surface area contributed by atoms with E-state index in [4.69, 9.17) is 9.47 Å². The van der Waals surface area contributed by atoms with Crippen molar-refractivity contribution < 1.29 is 14.4 Å². The standard InChI is InChI=1S/C20H39IO2.C3H9N/c1-2-3-4-5-6-7-8-9-10-11-12-14-19-15-16-20(23-19)22-18-13-17-21;1-4(2)3/h19-20H,2-18H2,1H3;1-3H3/p+1. The maximum absolute atomic E-state index is 5.98. The fourth-order valence-electron chi connectivity index (χ4n) is 3.31. The number of unbranched alkanes of at least 4 members (excludes halogenated alkanes) is 10. The number of hydrogen-bond acceptors (Lipinski definition) is 2.